The number of ether oxygens (including phenoxy) is 2. The third-order valence-electron chi connectivity index (χ3n) is 5.57. The van der Waals surface area contributed by atoms with Crippen molar-refractivity contribution in [3.05, 3.63) is 145 Å². The summed E-state index contributed by atoms with van der Waals surface area (Å²) in [6.45, 7) is 0. The molecule has 186 valence electrons. The Labute approximate surface area is 220 Å². The number of para-hydroxylation sites is 2. The number of anilines is 2. The highest BCUT2D eigenvalue weighted by Crippen LogP contribution is 2.24. The zero-order valence-corrected chi connectivity index (χ0v) is 20.3. The second-order valence-corrected chi connectivity index (χ2v) is 8.37. The number of hydrogen-bond acceptors (Lipinski definition) is 4. The molecular formula is C32H24N2O4. The van der Waals surface area contributed by atoms with Crippen molar-refractivity contribution in [3.63, 3.8) is 0 Å². The van der Waals surface area contributed by atoms with Crippen LogP contribution in [0.4, 0.5) is 11.4 Å². The molecule has 0 fully saturated rings. The van der Waals surface area contributed by atoms with Crippen molar-refractivity contribution in [2.45, 2.75) is 0 Å². The zero-order valence-electron chi connectivity index (χ0n) is 20.3. The molecule has 0 saturated carbocycles. The van der Waals surface area contributed by atoms with Gasteiger partial charge in [-0.2, -0.15) is 0 Å². The van der Waals surface area contributed by atoms with Crippen LogP contribution in [0.2, 0.25) is 0 Å². The molecule has 2 amide bonds. The molecule has 0 heterocycles. The summed E-state index contributed by atoms with van der Waals surface area (Å²) < 4.78 is 11.5. The van der Waals surface area contributed by atoms with Crippen LogP contribution in [0.5, 0.6) is 23.0 Å². The van der Waals surface area contributed by atoms with Gasteiger partial charge in [0.05, 0.1) is 0 Å². The quantitative estimate of drug-likeness (QED) is 0.228. The van der Waals surface area contributed by atoms with Crippen LogP contribution < -0.4 is 20.1 Å². The average molecular weight is 501 g/mol. The molecule has 0 unspecified atom stereocenters. The zero-order chi connectivity index (χ0) is 26.2. The van der Waals surface area contributed by atoms with E-state index in [4.69, 9.17) is 9.47 Å². The van der Waals surface area contributed by atoms with Crippen molar-refractivity contribution in [1.29, 1.82) is 0 Å². The highest BCUT2D eigenvalue weighted by atomic mass is 16.5. The standard InChI is InChI=1S/C32H24N2O4/c35-31(23-14-18-29(19-15-23)37-27-10-3-1-4-11-27)33-25-8-7-9-26(22-25)34-32(36)24-16-20-30(21-17-24)38-28-12-5-2-6-13-28/h1-22H,(H,33,35)(H,34,36). The van der Waals surface area contributed by atoms with E-state index < -0.39 is 0 Å². The van der Waals surface area contributed by atoms with Gasteiger partial charge in [-0.3, -0.25) is 9.59 Å². The largest absolute Gasteiger partial charge is 0.457 e. The van der Waals surface area contributed by atoms with Crippen LogP contribution in [-0.4, -0.2) is 11.8 Å². The molecule has 5 aromatic rings. The topological polar surface area (TPSA) is 76.7 Å². The third-order valence-corrected chi connectivity index (χ3v) is 5.57. The van der Waals surface area contributed by atoms with Crippen LogP contribution >= 0.6 is 0 Å². The predicted molar refractivity (Wildman–Crippen MR) is 148 cm³/mol. The second-order valence-electron chi connectivity index (χ2n) is 8.37. The van der Waals surface area contributed by atoms with Crippen molar-refractivity contribution in [2.75, 3.05) is 10.6 Å². The molecule has 0 spiro atoms. The summed E-state index contributed by atoms with van der Waals surface area (Å²) in [4.78, 5) is 25.5. The first-order chi connectivity index (χ1) is 18.6. The van der Waals surface area contributed by atoms with Crippen molar-refractivity contribution < 1.29 is 19.1 Å². The first kappa shape index (κ1) is 24.3. The van der Waals surface area contributed by atoms with Gasteiger partial charge in [0.2, 0.25) is 0 Å². The maximum atomic E-state index is 12.8. The second kappa shape index (κ2) is 11.6. The first-order valence-corrected chi connectivity index (χ1v) is 12.0. The van der Waals surface area contributed by atoms with Crippen molar-refractivity contribution >= 4 is 23.2 Å². The molecular weight excluding hydrogens is 476 g/mol. The SMILES string of the molecule is O=C(Nc1cccc(NC(=O)c2ccc(Oc3ccccc3)cc2)c1)c1ccc(Oc2ccccc2)cc1. The summed E-state index contributed by atoms with van der Waals surface area (Å²) in [7, 11) is 0. The number of hydrogen-bond donors (Lipinski definition) is 2. The van der Waals surface area contributed by atoms with Gasteiger partial charge in [-0.15, -0.1) is 0 Å². The Hall–Kier alpha value is -5.36. The molecule has 38 heavy (non-hydrogen) atoms. The summed E-state index contributed by atoms with van der Waals surface area (Å²) in [5.74, 6) is 2.18. The maximum Gasteiger partial charge on any atom is 0.255 e. The molecule has 5 aromatic carbocycles. The summed E-state index contributed by atoms with van der Waals surface area (Å²) in [6.07, 6.45) is 0. The number of carbonyl (C=O) groups is 2. The van der Waals surface area contributed by atoms with Crippen LogP contribution in [0.1, 0.15) is 20.7 Å². The minimum atomic E-state index is -0.270. The number of benzene rings is 5. The fourth-order valence-electron chi connectivity index (χ4n) is 3.68. The molecule has 0 atom stereocenters. The van der Waals surface area contributed by atoms with Gasteiger partial charge < -0.3 is 20.1 Å². The van der Waals surface area contributed by atoms with E-state index in [2.05, 4.69) is 10.6 Å². The Morgan fingerprint density at radius 3 is 1.18 bits per heavy atom. The fraction of sp³-hybridized carbons (Fsp3) is 0. The lowest BCUT2D eigenvalue weighted by atomic mass is 10.2. The lowest BCUT2D eigenvalue weighted by Crippen LogP contribution is -2.14. The van der Waals surface area contributed by atoms with Gasteiger partial charge in [-0.25, -0.2) is 0 Å². The molecule has 6 nitrogen and oxygen atoms in total. The summed E-state index contributed by atoms with van der Waals surface area (Å²) in [5, 5.41) is 5.73. The van der Waals surface area contributed by atoms with E-state index in [1.807, 2.05) is 60.7 Å². The average Bonchev–Trinajstić information content (AvgIpc) is 2.95. The van der Waals surface area contributed by atoms with Crippen LogP contribution in [0.15, 0.2) is 133 Å². The lowest BCUT2D eigenvalue weighted by Gasteiger charge is -2.10. The molecule has 2 N–H and O–H groups in total. The van der Waals surface area contributed by atoms with Crippen molar-refractivity contribution in [1.82, 2.24) is 0 Å². The Morgan fingerprint density at radius 1 is 0.421 bits per heavy atom. The Bertz CT molecular complexity index is 1400. The van der Waals surface area contributed by atoms with Crippen LogP contribution in [0.3, 0.4) is 0 Å². The van der Waals surface area contributed by atoms with Crippen LogP contribution in [0.25, 0.3) is 0 Å². The Balaban J connectivity index is 1.18. The van der Waals surface area contributed by atoms with E-state index in [0.29, 0.717) is 34.0 Å². The van der Waals surface area contributed by atoms with Crippen LogP contribution in [-0.2, 0) is 0 Å². The molecule has 0 saturated heterocycles. The number of amides is 2. The maximum absolute atomic E-state index is 12.8. The highest BCUT2D eigenvalue weighted by molar-refractivity contribution is 6.06. The number of nitrogens with one attached hydrogen (secondary N) is 2. The Morgan fingerprint density at radius 2 is 0.789 bits per heavy atom. The van der Waals surface area contributed by atoms with E-state index in [1.54, 1.807) is 72.8 Å². The van der Waals surface area contributed by atoms with Gasteiger partial charge in [-0.05, 0) is 91.0 Å². The van der Waals surface area contributed by atoms with Gasteiger partial charge >= 0.3 is 0 Å². The van der Waals surface area contributed by atoms with Gasteiger partial charge in [0.25, 0.3) is 11.8 Å². The van der Waals surface area contributed by atoms with E-state index >= 15 is 0 Å². The highest BCUT2D eigenvalue weighted by Gasteiger charge is 2.10. The molecule has 0 bridgehead atoms. The lowest BCUT2D eigenvalue weighted by molar-refractivity contribution is 0.101. The molecule has 5 rings (SSSR count). The monoisotopic (exact) mass is 500 g/mol. The molecule has 0 radical (unpaired) electrons. The molecule has 0 aliphatic carbocycles. The van der Waals surface area contributed by atoms with Crippen molar-refractivity contribution in [3.8, 4) is 23.0 Å². The fourth-order valence-corrected chi connectivity index (χ4v) is 3.68. The van der Waals surface area contributed by atoms with Gasteiger partial charge in [0, 0.05) is 22.5 Å². The smallest absolute Gasteiger partial charge is 0.255 e. The Kier molecular flexibility index (Phi) is 7.42. The van der Waals surface area contributed by atoms with E-state index in [1.165, 1.54) is 0 Å². The van der Waals surface area contributed by atoms with Gasteiger partial charge in [-0.1, -0.05) is 42.5 Å². The predicted octanol–water partition coefficient (Wildman–Crippen LogP) is 7.78. The minimum absolute atomic E-state index is 0.270. The van der Waals surface area contributed by atoms with Gasteiger partial charge in [0.15, 0.2) is 0 Å². The third kappa shape index (κ3) is 6.44. The van der Waals surface area contributed by atoms with Crippen molar-refractivity contribution in [2.24, 2.45) is 0 Å². The first-order valence-electron chi connectivity index (χ1n) is 12.0. The molecule has 0 aliphatic rings. The summed E-state index contributed by atoms with van der Waals surface area (Å²) in [5.41, 5.74) is 2.09. The van der Waals surface area contributed by atoms with E-state index in [9.17, 15) is 9.59 Å². The summed E-state index contributed by atoms with van der Waals surface area (Å²) in [6, 6.07) is 39.6. The summed E-state index contributed by atoms with van der Waals surface area (Å²) >= 11 is 0. The normalized spacial score (nSPS) is 10.3. The van der Waals surface area contributed by atoms with Crippen LogP contribution in [0, 0.1) is 0 Å². The van der Waals surface area contributed by atoms with E-state index in [-0.39, 0.29) is 11.8 Å². The molecule has 0 aliphatic heterocycles. The molecule has 6 heteroatoms. The number of rotatable bonds is 8. The number of carbonyl (C=O) groups excluding carboxylic acids is 2. The van der Waals surface area contributed by atoms with E-state index in [0.717, 1.165) is 11.5 Å². The minimum Gasteiger partial charge on any atom is -0.457 e. The van der Waals surface area contributed by atoms with Gasteiger partial charge in [0.1, 0.15) is 23.0 Å². The molecule has 0 aromatic heterocycles.